The molecule has 0 saturated carbocycles. The van der Waals surface area contributed by atoms with Crippen LogP contribution in [-0.2, 0) is 6.54 Å². The van der Waals surface area contributed by atoms with E-state index in [1.807, 2.05) is 42.5 Å². The number of hydrogen-bond acceptors (Lipinski definition) is 2. The Morgan fingerprint density at radius 2 is 1.79 bits per heavy atom. The molecule has 4 heteroatoms. The van der Waals surface area contributed by atoms with Gasteiger partial charge in [0, 0.05) is 12.1 Å². The molecule has 0 spiro atoms. The molecular weight excluding hydrogens is 240 g/mol. The Labute approximate surface area is 111 Å². The van der Waals surface area contributed by atoms with Crippen LogP contribution in [0.3, 0.4) is 0 Å². The molecule has 0 fully saturated rings. The van der Waals surface area contributed by atoms with Gasteiger partial charge < -0.3 is 11.1 Å². The van der Waals surface area contributed by atoms with Crippen molar-refractivity contribution in [3.63, 3.8) is 0 Å². The second kappa shape index (κ2) is 5.82. The number of urea groups is 1. The van der Waals surface area contributed by atoms with Crippen molar-refractivity contribution in [3.8, 4) is 11.1 Å². The van der Waals surface area contributed by atoms with Gasteiger partial charge in [-0.15, -0.1) is 0 Å². The highest BCUT2D eigenvalue weighted by molar-refractivity contribution is 5.79. The largest absolute Gasteiger partial charge is 0.352 e. The molecule has 2 aromatic rings. The van der Waals surface area contributed by atoms with Gasteiger partial charge in [0.05, 0.1) is 0 Å². The van der Waals surface area contributed by atoms with Crippen molar-refractivity contribution in [2.24, 2.45) is 5.73 Å². The van der Waals surface area contributed by atoms with Crippen molar-refractivity contribution in [3.05, 3.63) is 59.7 Å². The second-order valence-corrected chi connectivity index (χ2v) is 4.16. The van der Waals surface area contributed by atoms with Gasteiger partial charge in [-0.1, -0.05) is 36.4 Å². The molecule has 0 bridgehead atoms. The maximum absolute atomic E-state index is 10.8. The minimum atomic E-state index is -0.548. The summed E-state index contributed by atoms with van der Waals surface area (Å²) in [5.74, 6) is 0. The molecule has 0 aliphatic heterocycles. The molecule has 0 unspecified atom stereocenters. The molecule has 0 aromatic heterocycles. The number of rotatable bonds is 4. The molecule has 0 atom stereocenters. The number of carbonyl (C=O) groups excluding carboxylic acids is 2. The van der Waals surface area contributed by atoms with E-state index in [2.05, 4.69) is 5.32 Å². The number of aldehydes is 1. The summed E-state index contributed by atoms with van der Waals surface area (Å²) in [5, 5.41) is 2.55. The van der Waals surface area contributed by atoms with E-state index in [9.17, 15) is 9.59 Å². The minimum Gasteiger partial charge on any atom is -0.352 e. The van der Waals surface area contributed by atoms with Crippen molar-refractivity contribution in [1.29, 1.82) is 0 Å². The van der Waals surface area contributed by atoms with Gasteiger partial charge in [-0.3, -0.25) is 4.79 Å². The maximum Gasteiger partial charge on any atom is 0.312 e. The third-order valence-corrected chi connectivity index (χ3v) is 2.75. The van der Waals surface area contributed by atoms with E-state index in [1.54, 1.807) is 6.07 Å². The van der Waals surface area contributed by atoms with E-state index in [0.29, 0.717) is 12.1 Å². The van der Waals surface area contributed by atoms with Crippen LogP contribution < -0.4 is 11.1 Å². The fraction of sp³-hybridized carbons (Fsp3) is 0.0667. The number of primary amides is 1. The molecule has 2 rings (SSSR count). The normalized spacial score (nSPS) is 9.89. The summed E-state index contributed by atoms with van der Waals surface area (Å²) in [6.07, 6.45) is 0.821. The molecule has 0 radical (unpaired) electrons. The monoisotopic (exact) mass is 254 g/mol. The fourth-order valence-corrected chi connectivity index (χ4v) is 1.84. The molecule has 0 saturated heterocycles. The Balaban J connectivity index is 2.26. The first kappa shape index (κ1) is 12.8. The van der Waals surface area contributed by atoms with E-state index < -0.39 is 6.03 Å². The van der Waals surface area contributed by atoms with E-state index in [0.717, 1.165) is 23.0 Å². The summed E-state index contributed by atoms with van der Waals surface area (Å²) < 4.78 is 0. The summed E-state index contributed by atoms with van der Waals surface area (Å²) >= 11 is 0. The van der Waals surface area contributed by atoms with E-state index in [-0.39, 0.29) is 0 Å². The van der Waals surface area contributed by atoms with E-state index in [4.69, 9.17) is 5.73 Å². The van der Waals surface area contributed by atoms with Gasteiger partial charge in [0.2, 0.25) is 0 Å². The standard InChI is InChI=1S/C15H14N2O2/c16-15(19)17-9-11-3-1-5-13(7-11)14-6-2-4-12(8-14)10-18/h1-8,10H,9H2,(H3,16,17,19). The summed E-state index contributed by atoms with van der Waals surface area (Å²) in [5.41, 5.74) is 8.58. The van der Waals surface area contributed by atoms with Crippen LogP contribution in [0.5, 0.6) is 0 Å². The fourth-order valence-electron chi connectivity index (χ4n) is 1.84. The molecule has 3 N–H and O–H groups in total. The molecule has 96 valence electrons. The molecule has 2 amide bonds. The highest BCUT2D eigenvalue weighted by Gasteiger charge is 2.01. The third-order valence-electron chi connectivity index (χ3n) is 2.75. The lowest BCUT2D eigenvalue weighted by Gasteiger charge is -2.06. The minimum absolute atomic E-state index is 0.385. The first-order valence-electron chi connectivity index (χ1n) is 5.87. The zero-order valence-electron chi connectivity index (χ0n) is 10.3. The molecule has 0 aliphatic rings. The zero-order valence-corrected chi connectivity index (χ0v) is 10.3. The maximum atomic E-state index is 10.8. The van der Waals surface area contributed by atoms with Gasteiger partial charge >= 0.3 is 6.03 Å². The quantitative estimate of drug-likeness (QED) is 0.822. The Morgan fingerprint density at radius 3 is 2.47 bits per heavy atom. The van der Waals surface area contributed by atoms with Crippen LogP contribution in [0.25, 0.3) is 11.1 Å². The lowest BCUT2D eigenvalue weighted by Crippen LogP contribution is -2.28. The summed E-state index contributed by atoms with van der Waals surface area (Å²) in [7, 11) is 0. The van der Waals surface area contributed by atoms with Gasteiger partial charge in [-0.05, 0) is 28.8 Å². The Hall–Kier alpha value is -2.62. The Kier molecular flexibility index (Phi) is 3.93. The predicted octanol–water partition coefficient (Wildman–Crippen LogP) is 2.33. The highest BCUT2D eigenvalue weighted by Crippen LogP contribution is 2.21. The second-order valence-electron chi connectivity index (χ2n) is 4.16. The smallest absolute Gasteiger partial charge is 0.312 e. The summed E-state index contributed by atoms with van der Waals surface area (Å²) in [6, 6.07) is 14.5. The molecule has 19 heavy (non-hydrogen) atoms. The van der Waals surface area contributed by atoms with Gasteiger partial charge in [0.1, 0.15) is 6.29 Å². The van der Waals surface area contributed by atoms with Crippen molar-refractivity contribution in [2.75, 3.05) is 0 Å². The Morgan fingerprint density at radius 1 is 1.11 bits per heavy atom. The topological polar surface area (TPSA) is 72.2 Å². The van der Waals surface area contributed by atoms with Crippen molar-refractivity contribution in [1.82, 2.24) is 5.32 Å². The van der Waals surface area contributed by atoms with Crippen LogP contribution in [0.4, 0.5) is 4.79 Å². The van der Waals surface area contributed by atoms with Crippen LogP contribution in [0.1, 0.15) is 15.9 Å². The molecular formula is C15H14N2O2. The number of hydrogen-bond donors (Lipinski definition) is 2. The molecule has 4 nitrogen and oxygen atoms in total. The summed E-state index contributed by atoms with van der Waals surface area (Å²) in [6.45, 7) is 0.385. The number of amides is 2. The summed E-state index contributed by atoms with van der Waals surface area (Å²) in [4.78, 5) is 21.5. The highest BCUT2D eigenvalue weighted by atomic mass is 16.2. The van der Waals surface area contributed by atoms with Crippen molar-refractivity contribution in [2.45, 2.75) is 6.54 Å². The lowest BCUT2D eigenvalue weighted by atomic mass is 10.0. The van der Waals surface area contributed by atoms with Crippen LogP contribution in [-0.4, -0.2) is 12.3 Å². The SMILES string of the molecule is NC(=O)NCc1cccc(-c2cccc(C=O)c2)c1. The number of nitrogens with one attached hydrogen (secondary N) is 1. The zero-order chi connectivity index (χ0) is 13.7. The number of nitrogens with two attached hydrogens (primary N) is 1. The first-order chi connectivity index (χ1) is 9.19. The van der Waals surface area contributed by atoms with Crippen molar-refractivity contribution >= 4 is 12.3 Å². The molecule has 2 aromatic carbocycles. The lowest BCUT2D eigenvalue weighted by molar-refractivity contribution is 0.112. The molecule has 0 heterocycles. The van der Waals surface area contributed by atoms with Gasteiger partial charge in [0.15, 0.2) is 0 Å². The predicted molar refractivity (Wildman–Crippen MR) is 73.7 cm³/mol. The van der Waals surface area contributed by atoms with E-state index in [1.165, 1.54) is 0 Å². The van der Waals surface area contributed by atoms with Crippen LogP contribution in [0.15, 0.2) is 48.5 Å². The van der Waals surface area contributed by atoms with Crippen LogP contribution in [0, 0.1) is 0 Å². The van der Waals surface area contributed by atoms with Gasteiger partial charge in [0.25, 0.3) is 0 Å². The average molecular weight is 254 g/mol. The molecule has 0 aliphatic carbocycles. The Bertz CT molecular complexity index is 609. The van der Waals surface area contributed by atoms with Crippen LogP contribution in [0.2, 0.25) is 0 Å². The first-order valence-corrected chi connectivity index (χ1v) is 5.87. The average Bonchev–Trinajstić information content (AvgIpc) is 2.45. The van der Waals surface area contributed by atoms with Crippen LogP contribution >= 0.6 is 0 Å². The van der Waals surface area contributed by atoms with Crippen molar-refractivity contribution < 1.29 is 9.59 Å². The van der Waals surface area contributed by atoms with Gasteiger partial charge in [-0.25, -0.2) is 4.79 Å². The third kappa shape index (κ3) is 3.42. The number of carbonyl (C=O) groups is 2. The van der Waals surface area contributed by atoms with Gasteiger partial charge in [-0.2, -0.15) is 0 Å². The number of benzene rings is 2. The van der Waals surface area contributed by atoms with E-state index >= 15 is 0 Å².